The van der Waals surface area contributed by atoms with Crippen molar-refractivity contribution in [1.82, 2.24) is 24.7 Å². The number of rotatable bonds is 4. The van der Waals surface area contributed by atoms with Gasteiger partial charge in [-0.15, -0.1) is 10.2 Å². The fourth-order valence-electron chi connectivity index (χ4n) is 2.68. The zero-order valence-corrected chi connectivity index (χ0v) is 15.3. The van der Waals surface area contributed by atoms with Gasteiger partial charge in [-0.1, -0.05) is 24.3 Å². The summed E-state index contributed by atoms with van der Waals surface area (Å²) in [5.41, 5.74) is 3.39. The van der Waals surface area contributed by atoms with Crippen LogP contribution in [0.1, 0.15) is 11.3 Å². The predicted octanol–water partition coefficient (Wildman–Crippen LogP) is 4.06. The molecule has 6 nitrogen and oxygen atoms in total. The molecule has 0 N–H and O–H groups in total. The molecule has 0 aliphatic heterocycles. The second-order valence-corrected chi connectivity index (χ2v) is 6.73. The van der Waals surface area contributed by atoms with Crippen LogP contribution < -0.4 is 0 Å². The Bertz CT molecular complexity index is 1130. The van der Waals surface area contributed by atoms with E-state index in [1.165, 1.54) is 11.8 Å². The molecule has 7 heteroatoms. The second-order valence-electron chi connectivity index (χ2n) is 5.74. The molecule has 3 aromatic heterocycles. The predicted molar refractivity (Wildman–Crippen MR) is 102 cm³/mol. The average Bonchev–Trinajstić information content (AvgIpc) is 3.12. The highest BCUT2D eigenvalue weighted by Gasteiger charge is 2.18. The monoisotopic (exact) mass is 370 g/mol. The summed E-state index contributed by atoms with van der Waals surface area (Å²) < 4.78 is 2.01. The Balaban J connectivity index is 1.86. The fraction of sp³-hybridized carbons (Fsp3) is 0.0500. The van der Waals surface area contributed by atoms with E-state index < -0.39 is 0 Å². The van der Waals surface area contributed by atoms with Gasteiger partial charge in [-0.3, -0.25) is 9.55 Å². The number of hydrogen-bond acceptors (Lipinski definition) is 6. The normalized spacial score (nSPS) is 10.5. The van der Waals surface area contributed by atoms with E-state index >= 15 is 0 Å². The van der Waals surface area contributed by atoms with Crippen molar-refractivity contribution < 1.29 is 0 Å². The number of pyridine rings is 2. The Kier molecular flexibility index (Phi) is 4.64. The minimum Gasteiger partial charge on any atom is -0.269 e. The number of aryl methyl sites for hydroxylation is 1. The molecule has 4 aromatic rings. The smallest absolute Gasteiger partial charge is 0.202 e. The SMILES string of the molecule is Cc1ccccc1-n1c(Sc2cccc(C#N)n2)nnc1-c1ccncc1. The third-order valence-corrected chi connectivity index (χ3v) is 4.85. The van der Waals surface area contributed by atoms with Gasteiger partial charge in [-0.2, -0.15) is 5.26 Å². The van der Waals surface area contributed by atoms with Crippen LogP contribution in [-0.4, -0.2) is 24.7 Å². The first kappa shape index (κ1) is 16.9. The van der Waals surface area contributed by atoms with Gasteiger partial charge in [0.25, 0.3) is 0 Å². The highest BCUT2D eigenvalue weighted by atomic mass is 32.2. The van der Waals surface area contributed by atoms with Crippen molar-refractivity contribution in [3.63, 3.8) is 0 Å². The third-order valence-electron chi connectivity index (χ3n) is 3.96. The van der Waals surface area contributed by atoms with Gasteiger partial charge >= 0.3 is 0 Å². The molecular formula is C20H14N6S. The molecule has 0 unspecified atom stereocenters. The number of nitrogens with zero attached hydrogens (tertiary/aromatic N) is 6. The van der Waals surface area contributed by atoms with E-state index in [-0.39, 0.29) is 0 Å². The Morgan fingerprint density at radius 2 is 1.78 bits per heavy atom. The molecule has 4 rings (SSSR count). The Morgan fingerprint density at radius 3 is 2.56 bits per heavy atom. The molecule has 1 aromatic carbocycles. The van der Waals surface area contributed by atoms with Crippen LogP contribution in [0.25, 0.3) is 17.1 Å². The van der Waals surface area contributed by atoms with Crippen molar-refractivity contribution >= 4 is 11.8 Å². The summed E-state index contributed by atoms with van der Waals surface area (Å²) in [6, 6.07) is 19.3. The molecule has 0 atom stereocenters. The fourth-order valence-corrected chi connectivity index (χ4v) is 3.52. The zero-order valence-electron chi connectivity index (χ0n) is 14.4. The third kappa shape index (κ3) is 3.43. The van der Waals surface area contributed by atoms with Gasteiger partial charge in [-0.05, 0) is 54.6 Å². The van der Waals surface area contributed by atoms with Crippen LogP contribution in [0, 0.1) is 18.3 Å². The maximum Gasteiger partial charge on any atom is 0.202 e. The molecule has 0 bridgehead atoms. The molecule has 3 heterocycles. The average molecular weight is 370 g/mol. The Hall–Kier alpha value is -3.50. The van der Waals surface area contributed by atoms with E-state index in [9.17, 15) is 0 Å². The number of nitriles is 1. The van der Waals surface area contributed by atoms with Gasteiger partial charge in [0.05, 0.1) is 5.69 Å². The Labute approximate surface area is 160 Å². The molecule has 0 radical (unpaired) electrons. The number of aromatic nitrogens is 5. The lowest BCUT2D eigenvalue weighted by Crippen LogP contribution is -2.02. The van der Waals surface area contributed by atoms with Crippen LogP contribution in [-0.2, 0) is 0 Å². The lowest BCUT2D eigenvalue weighted by molar-refractivity contribution is 0.877. The molecule has 0 amide bonds. The van der Waals surface area contributed by atoms with Crippen molar-refractivity contribution in [3.8, 4) is 23.1 Å². The van der Waals surface area contributed by atoms with Crippen LogP contribution in [0.5, 0.6) is 0 Å². The Morgan fingerprint density at radius 1 is 0.963 bits per heavy atom. The molecule has 0 fully saturated rings. The summed E-state index contributed by atoms with van der Waals surface area (Å²) in [5, 5.41) is 19.3. The molecular weight excluding hydrogens is 356 g/mol. The van der Waals surface area contributed by atoms with Gasteiger partial charge in [0.15, 0.2) is 5.82 Å². The highest BCUT2D eigenvalue weighted by molar-refractivity contribution is 7.99. The quantitative estimate of drug-likeness (QED) is 0.539. The standard InChI is InChI=1S/C20H14N6S/c1-14-5-2-3-7-17(14)26-19(15-9-11-22-12-10-15)24-25-20(26)27-18-8-4-6-16(13-21)23-18/h2-12H,1H3. The largest absolute Gasteiger partial charge is 0.269 e. The molecule has 130 valence electrons. The summed E-state index contributed by atoms with van der Waals surface area (Å²) >= 11 is 1.37. The van der Waals surface area contributed by atoms with Gasteiger partial charge in [0, 0.05) is 18.0 Å². The summed E-state index contributed by atoms with van der Waals surface area (Å²) in [5.74, 6) is 0.727. The lowest BCUT2D eigenvalue weighted by atomic mass is 10.2. The van der Waals surface area contributed by atoms with E-state index in [0.29, 0.717) is 15.9 Å². The first-order chi connectivity index (χ1) is 13.3. The molecule has 27 heavy (non-hydrogen) atoms. The van der Waals surface area contributed by atoms with Crippen molar-refractivity contribution in [2.75, 3.05) is 0 Å². The summed E-state index contributed by atoms with van der Waals surface area (Å²) in [7, 11) is 0. The highest BCUT2D eigenvalue weighted by Crippen LogP contribution is 2.32. The van der Waals surface area contributed by atoms with Gasteiger partial charge in [-0.25, -0.2) is 4.98 Å². The maximum atomic E-state index is 9.09. The van der Waals surface area contributed by atoms with Crippen LogP contribution in [0.4, 0.5) is 0 Å². The summed E-state index contributed by atoms with van der Waals surface area (Å²) in [6.45, 7) is 2.05. The van der Waals surface area contributed by atoms with Gasteiger partial charge in [0.1, 0.15) is 16.8 Å². The van der Waals surface area contributed by atoms with E-state index in [0.717, 1.165) is 22.6 Å². The minimum atomic E-state index is 0.372. The van der Waals surface area contributed by atoms with E-state index in [2.05, 4.69) is 39.2 Å². The van der Waals surface area contributed by atoms with Crippen molar-refractivity contribution in [2.24, 2.45) is 0 Å². The number of hydrogen-bond donors (Lipinski definition) is 0. The first-order valence-corrected chi connectivity index (χ1v) is 9.05. The van der Waals surface area contributed by atoms with Crippen LogP contribution in [0.3, 0.4) is 0 Å². The number of benzene rings is 1. The maximum absolute atomic E-state index is 9.09. The lowest BCUT2D eigenvalue weighted by Gasteiger charge is -2.12. The van der Waals surface area contributed by atoms with Crippen LogP contribution in [0.15, 0.2) is 77.2 Å². The molecule has 0 aliphatic carbocycles. The van der Waals surface area contributed by atoms with Crippen molar-refractivity contribution in [3.05, 3.63) is 78.2 Å². The van der Waals surface area contributed by atoms with E-state index in [4.69, 9.17) is 5.26 Å². The van der Waals surface area contributed by atoms with E-state index in [1.54, 1.807) is 18.5 Å². The van der Waals surface area contributed by atoms with E-state index in [1.807, 2.05) is 47.0 Å². The summed E-state index contributed by atoms with van der Waals surface area (Å²) in [6.07, 6.45) is 3.47. The first-order valence-electron chi connectivity index (χ1n) is 8.23. The van der Waals surface area contributed by atoms with Gasteiger partial charge in [0.2, 0.25) is 5.16 Å². The molecule has 0 saturated heterocycles. The molecule has 0 saturated carbocycles. The van der Waals surface area contributed by atoms with Crippen molar-refractivity contribution in [1.29, 1.82) is 5.26 Å². The topological polar surface area (TPSA) is 80.3 Å². The van der Waals surface area contributed by atoms with Crippen LogP contribution >= 0.6 is 11.8 Å². The van der Waals surface area contributed by atoms with Crippen molar-refractivity contribution in [2.45, 2.75) is 17.1 Å². The molecule has 0 spiro atoms. The zero-order chi connectivity index (χ0) is 18.6. The second kappa shape index (κ2) is 7.40. The number of para-hydroxylation sites is 1. The molecule has 0 aliphatic rings. The van der Waals surface area contributed by atoms with Gasteiger partial charge < -0.3 is 0 Å². The minimum absolute atomic E-state index is 0.372. The van der Waals surface area contributed by atoms with Crippen LogP contribution in [0.2, 0.25) is 0 Å². The summed E-state index contributed by atoms with van der Waals surface area (Å²) in [4.78, 5) is 8.42.